The van der Waals surface area contributed by atoms with E-state index in [1.807, 2.05) is 0 Å². The third kappa shape index (κ3) is 5.80. The van der Waals surface area contributed by atoms with Gasteiger partial charge in [0, 0.05) is 65.2 Å². The van der Waals surface area contributed by atoms with Crippen LogP contribution in [0.15, 0.2) is 48.5 Å². The first-order valence-corrected chi connectivity index (χ1v) is 24.4. The first kappa shape index (κ1) is 52.8. The Morgan fingerprint density at radius 2 is 0.700 bits per heavy atom. The predicted octanol–water partition coefficient (Wildman–Crippen LogP) is 17.8. The molecule has 80 heavy (non-hydrogen) atoms. The SMILES string of the molecule is CC12CCC(C)(CC1)c1cc3c4cc(C(C(F)(F)F)(C(F)(F)F)C(F)(F)F)cc5c6c(F)c7c(c(F)c6n(c3cc1C2=O)c45)c1cc(C(C(F)(F)F)(C(F)(F)F)C(F)(F)F)cc2c3cc4c(cc3n7c21)C(=O)C1(F)CCC4(F)CC1. The van der Waals surface area contributed by atoms with E-state index in [4.69, 9.17) is 0 Å². The largest absolute Gasteiger partial charge is 0.416 e. The molecule has 15 rings (SSSR count). The van der Waals surface area contributed by atoms with Gasteiger partial charge in [-0.05, 0) is 122 Å². The Balaban J connectivity index is 1.30. The van der Waals surface area contributed by atoms with Crippen molar-refractivity contribution in [3.8, 4) is 0 Å². The van der Waals surface area contributed by atoms with Crippen LogP contribution in [0, 0.1) is 17.0 Å². The van der Waals surface area contributed by atoms with Crippen LogP contribution >= 0.6 is 0 Å². The van der Waals surface area contributed by atoms with Crippen molar-refractivity contribution in [2.24, 2.45) is 5.41 Å². The second kappa shape index (κ2) is 14.6. The van der Waals surface area contributed by atoms with Gasteiger partial charge in [0.25, 0.3) is 10.8 Å². The second-order valence-corrected chi connectivity index (χ2v) is 22.6. The van der Waals surface area contributed by atoms with Gasteiger partial charge in [-0.3, -0.25) is 9.59 Å². The zero-order valence-corrected chi connectivity index (χ0v) is 40.3. The molecule has 0 spiro atoms. The monoisotopic (exact) mass is 1160 g/mol. The van der Waals surface area contributed by atoms with Gasteiger partial charge in [-0.15, -0.1) is 0 Å². The minimum absolute atomic E-state index is 0.104. The number of ketones is 2. The molecule has 0 radical (unpaired) electrons. The fourth-order valence-electron chi connectivity index (χ4n) is 14.4. The standard InChI is InChI=1S/C54H30F22N2O2/c1-43-3-5-44(2,6-4-43)41(79)25-17-31-21(15-29(25)43)23-11-19(47(49(59,60)61,50(62,63)64)51(65,66)67)13-27-33-36(56)40-34(35(55)39(33)77(31)37(23)27)28-14-20(48(52(68,69)70,53(71,72)73)54(74,75)76)12-24-22-16-30-26(18-32(22)78(40)38(24)28)42(80)46(58)9-7-45(30,57)8-10-46/h11-18H,3-10H2,1-2H3. The van der Waals surface area contributed by atoms with Crippen LogP contribution in [0.25, 0.3) is 76.2 Å². The van der Waals surface area contributed by atoms with Gasteiger partial charge in [0.15, 0.2) is 28.9 Å². The predicted molar refractivity (Wildman–Crippen MR) is 243 cm³/mol. The highest BCUT2D eigenvalue weighted by atomic mass is 19.4. The van der Waals surface area contributed by atoms with Crippen molar-refractivity contribution < 1.29 is 106 Å². The van der Waals surface area contributed by atoms with Crippen molar-refractivity contribution in [3.05, 3.63) is 93.5 Å². The second-order valence-electron chi connectivity index (χ2n) is 22.6. The quantitative estimate of drug-likeness (QED) is 0.162. The highest BCUT2D eigenvalue weighted by molar-refractivity contribution is 6.30. The third-order valence-corrected chi connectivity index (χ3v) is 18.6. The summed E-state index contributed by atoms with van der Waals surface area (Å²) in [5.41, 5.74) is -34.7. The topological polar surface area (TPSA) is 43.0 Å². The van der Waals surface area contributed by atoms with Gasteiger partial charge in [-0.25, -0.2) is 17.6 Å². The Kier molecular flexibility index (Phi) is 9.62. The zero-order valence-electron chi connectivity index (χ0n) is 40.3. The summed E-state index contributed by atoms with van der Waals surface area (Å²) in [6.07, 6.45) is -46.4. The first-order valence-electron chi connectivity index (χ1n) is 24.4. The molecule has 0 amide bonds. The number of carbonyl (C=O) groups excluding carboxylic acids is 2. The Labute approximate surface area is 430 Å². The summed E-state index contributed by atoms with van der Waals surface area (Å²) in [5.74, 6) is -6.28. The highest BCUT2D eigenvalue weighted by Gasteiger charge is 2.85. The molecule has 26 heteroatoms. The number of hydrogen-bond donors (Lipinski definition) is 0. The number of alkyl halides is 20. The molecular formula is C54H30F22N2O2. The summed E-state index contributed by atoms with van der Waals surface area (Å²) in [6.45, 7) is 3.22. The minimum atomic E-state index is -7.39. The Morgan fingerprint density at radius 1 is 0.375 bits per heavy atom. The van der Waals surface area contributed by atoms with E-state index in [0.29, 0.717) is 20.9 Å². The van der Waals surface area contributed by atoms with Crippen LogP contribution in [0.2, 0.25) is 0 Å². The molecule has 0 unspecified atom stereocenters. The summed E-state index contributed by atoms with van der Waals surface area (Å²) >= 11 is 0. The maximum Gasteiger partial charge on any atom is 0.416 e. The van der Waals surface area contributed by atoms with Crippen LogP contribution in [0.1, 0.15) is 108 Å². The Bertz CT molecular complexity index is 3950. The number of rotatable bonds is 2. The van der Waals surface area contributed by atoms with Crippen molar-refractivity contribution in [1.82, 2.24) is 8.80 Å². The lowest BCUT2D eigenvalue weighted by molar-refractivity contribution is -0.389. The lowest BCUT2D eigenvalue weighted by Crippen LogP contribution is -2.63. The molecule has 4 nitrogen and oxygen atoms in total. The maximum absolute atomic E-state index is 18.7. The normalized spacial score (nSPS) is 24.9. The Hall–Kier alpha value is -6.50. The van der Waals surface area contributed by atoms with E-state index in [1.54, 1.807) is 13.8 Å². The van der Waals surface area contributed by atoms with Gasteiger partial charge in [-0.2, -0.15) is 79.0 Å². The van der Waals surface area contributed by atoms with Crippen LogP contribution in [0.4, 0.5) is 96.6 Å². The fraction of sp³-hybridized carbons (Fsp3) is 0.407. The van der Waals surface area contributed by atoms with Gasteiger partial charge in [0.1, 0.15) is 5.67 Å². The average Bonchev–Trinajstić information content (AvgIpc) is 2.74. The van der Waals surface area contributed by atoms with Crippen molar-refractivity contribution >= 4 is 87.8 Å². The molecular weight excluding hydrogens is 1130 g/mol. The summed E-state index contributed by atoms with van der Waals surface area (Å²) in [4.78, 5) is 28.5. The van der Waals surface area contributed by atoms with Gasteiger partial charge >= 0.3 is 37.1 Å². The average molecular weight is 1160 g/mol. The highest BCUT2D eigenvalue weighted by Crippen LogP contribution is 2.65. The first-order chi connectivity index (χ1) is 36.6. The lowest BCUT2D eigenvalue weighted by atomic mass is 9.65. The molecule has 4 aromatic heterocycles. The number of carbonyl (C=O) groups is 2. The molecule has 2 saturated carbocycles. The van der Waals surface area contributed by atoms with Crippen molar-refractivity contribution in [3.63, 3.8) is 0 Å². The molecule has 9 aromatic rings. The van der Waals surface area contributed by atoms with Gasteiger partial charge in [0.2, 0.25) is 0 Å². The number of halogens is 22. The van der Waals surface area contributed by atoms with E-state index in [1.165, 1.54) is 0 Å². The van der Waals surface area contributed by atoms with Crippen LogP contribution in [-0.2, 0) is 21.9 Å². The summed E-state index contributed by atoms with van der Waals surface area (Å²) in [5, 5.41) is -9.38. The van der Waals surface area contributed by atoms with E-state index >= 15 is 96.6 Å². The third-order valence-electron chi connectivity index (χ3n) is 18.6. The summed E-state index contributed by atoms with van der Waals surface area (Å²) in [7, 11) is 0. The molecule has 422 valence electrons. The number of nitrogens with zero attached hydrogens (tertiary/aromatic N) is 2. The molecule has 4 bridgehead atoms. The summed E-state index contributed by atoms with van der Waals surface area (Å²) in [6, 6.07) is 1.98. The molecule has 0 atom stereocenters. The van der Waals surface area contributed by atoms with E-state index in [2.05, 4.69) is 0 Å². The van der Waals surface area contributed by atoms with Gasteiger partial charge in [-0.1, -0.05) is 13.8 Å². The number of hydrogen-bond acceptors (Lipinski definition) is 2. The molecule has 2 fully saturated rings. The number of benzene rings is 5. The molecule has 0 aliphatic heterocycles. The lowest BCUT2D eigenvalue weighted by Gasteiger charge is -2.39. The molecule has 6 aliphatic carbocycles. The van der Waals surface area contributed by atoms with Gasteiger partial charge < -0.3 is 8.80 Å². The van der Waals surface area contributed by atoms with Gasteiger partial charge in [0.05, 0.1) is 33.1 Å². The Morgan fingerprint density at radius 3 is 1.07 bits per heavy atom. The van der Waals surface area contributed by atoms with Crippen molar-refractivity contribution in [2.45, 2.75) is 130 Å². The number of fused-ring (bicyclic) bond motifs is 16. The minimum Gasteiger partial charge on any atom is -0.305 e. The number of Topliss-reactive ketones (excluding diaryl/α,β-unsaturated/α-hetero) is 2. The van der Waals surface area contributed by atoms with Crippen LogP contribution in [0.5, 0.6) is 0 Å². The zero-order chi connectivity index (χ0) is 58.3. The van der Waals surface area contributed by atoms with E-state index in [9.17, 15) is 9.59 Å². The van der Waals surface area contributed by atoms with Crippen molar-refractivity contribution in [2.75, 3.05) is 0 Å². The van der Waals surface area contributed by atoms with Crippen LogP contribution in [0.3, 0.4) is 0 Å². The molecule has 5 aromatic carbocycles. The number of aromatic nitrogens is 2. The summed E-state index contributed by atoms with van der Waals surface area (Å²) < 4.78 is 344. The maximum atomic E-state index is 18.7. The molecule has 0 saturated heterocycles. The fourth-order valence-corrected chi connectivity index (χ4v) is 14.4. The van der Waals surface area contributed by atoms with Crippen LogP contribution in [-0.4, -0.2) is 63.1 Å². The smallest absolute Gasteiger partial charge is 0.305 e. The molecule has 6 aliphatic rings. The molecule has 0 N–H and O–H groups in total. The molecule has 4 heterocycles. The van der Waals surface area contributed by atoms with Crippen molar-refractivity contribution in [1.29, 1.82) is 0 Å². The van der Waals surface area contributed by atoms with Crippen LogP contribution < -0.4 is 0 Å². The van der Waals surface area contributed by atoms with E-state index < -0.39 is 223 Å². The van der Waals surface area contributed by atoms with E-state index in [0.717, 1.165) is 12.1 Å². The van der Waals surface area contributed by atoms with E-state index in [-0.39, 0.29) is 55.0 Å².